The summed E-state index contributed by atoms with van der Waals surface area (Å²) in [5.41, 5.74) is 2.64. The highest BCUT2D eigenvalue weighted by Gasteiger charge is 2.21. The molecule has 1 N–H and O–H groups in total. The molecule has 4 heteroatoms. The maximum atomic E-state index is 3.77. The average Bonchev–Trinajstić information content (AvgIpc) is 2.58. The molecule has 0 aromatic heterocycles. The molecule has 0 saturated carbocycles. The Morgan fingerprint density at radius 2 is 2.10 bits per heavy atom. The lowest BCUT2D eigenvalue weighted by Gasteiger charge is -2.31. The number of hydrogen-bond acceptors (Lipinski definition) is 3. The minimum Gasteiger partial charge on any atom is -0.367 e. The number of benzene rings is 1. The first kappa shape index (κ1) is 15.8. The number of nitrogens with one attached hydrogen (secondary N) is 1. The van der Waals surface area contributed by atoms with Crippen LogP contribution in [0, 0.1) is 0 Å². The summed E-state index contributed by atoms with van der Waals surface area (Å²) in [4.78, 5) is 4.96. The van der Waals surface area contributed by atoms with Gasteiger partial charge in [-0.2, -0.15) is 0 Å². The fourth-order valence-corrected chi connectivity index (χ4v) is 3.55. The van der Waals surface area contributed by atoms with Crippen LogP contribution in [-0.2, 0) is 0 Å². The first-order chi connectivity index (χ1) is 9.52. The molecule has 2 atom stereocenters. The second-order valence-corrected chi connectivity index (χ2v) is 6.73. The molecular formula is C16H26BrN3. The summed E-state index contributed by atoms with van der Waals surface area (Å²) >= 11 is 3.77. The second kappa shape index (κ2) is 6.92. The topological polar surface area (TPSA) is 18.5 Å². The molecule has 0 bridgehead atoms. The van der Waals surface area contributed by atoms with Crippen molar-refractivity contribution in [2.24, 2.45) is 0 Å². The monoisotopic (exact) mass is 339 g/mol. The van der Waals surface area contributed by atoms with E-state index in [-0.39, 0.29) is 0 Å². The van der Waals surface area contributed by atoms with Crippen molar-refractivity contribution < 1.29 is 0 Å². The van der Waals surface area contributed by atoms with Crippen molar-refractivity contribution in [3.05, 3.63) is 28.2 Å². The molecule has 1 aromatic rings. The van der Waals surface area contributed by atoms with E-state index in [4.69, 9.17) is 0 Å². The van der Waals surface area contributed by atoms with E-state index in [0.29, 0.717) is 12.1 Å². The molecule has 1 fully saturated rings. The van der Waals surface area contributed by atoms with Crippen molar-refractivity contribution in [1.29, 1.82) is 0 Å². The molecule has 2 unspecified atom stereocenters. The fourth-order valence-electron chi connectivity index (χ4n) is 2.92. The van der Waals surface area contributed by atoms with Crippen LogP contribution < -0.4 is 10.2 Å². The van der Waals surface area contributed by atoms with Crippen LogP contribution >= 0.6 is 15.9 Å². The molecule has 0 spiro atoms. The number of anilines is 1. The first-order valence-electron chi connectivity index (χ1n) is 7.45. The Kier molecular flexibility index (Phi) is 5.47. The fraction of sp³-hybridized carbons (Fsp3) is 0.625. The van der Waals surface area contributed by atoms with Crippen LogP contribution in [0.4, 0.5) is 5.69 Å². The van der Waals surface area contributed by atoms with E-state index in [2.05, 4.69) is 70.1 Å². The Bertz CT molecular complexity index is 449. The van der Waals surface area contributed by atoms with Gasteiger partial charge in [0, 0.05) is 29.6 Å². The second-order valence-electron chi connectivity index (χ2n) is 5.88. The third-order valence-electron chi connectivity index (χ3n) is 4.26. The quantitative estimate of drug-likeness (QED) is 0.911. The summed E-state index contributed by atoms with van der Waals surface area (Å²) in [6, 6.07) is 7.68. The van der Waals surface area contributed by atoms with Crippen LogP contribution in [0.5, 0.6) is 0 Å². The van der Waals surface area contributed by atoms with Gasteiger partial charge in [0.25, 0.3) is 0 Å². The molecule has 1 heterocycles. The highest BCUT2D eigenvalue weighted by molar-refractivity contribution is 9.10. The van der Waals surface area contributed by atoms with E-state index in [0.717, 1.165) is 13.1 Å². The zero-order valence-electron chi connectivity index (χ0n) is 13.0. The smallest absolute Gasteiger partial charge is 0.0513 e. The van der Waals surface area contributed by atoms with Gasteiger partial charge in [0.2, 0.25) is 0 Å². The van der Waals surface area contributed by atoms with Crippen molar-refractivity contribution in [3.63, 3.8) is 0 Å². The van der Waals surface area contributed by atoms with Crippen LogP contribution in [0.1, 0.15) is 31.9 Å². The van der Waals surface area contributed by atoms with Crippen LogP contribution in [0.3, 0.4) is 0 Å². The molecule has 112 valence electrons. The van der Waals surface area contributed by atoms with Gasteiger partial charge in [-0.05, 0) is 74.5 Å². The van der Waals surface area contributed by atoms with E-state index in [9.17, 15) is 0 Å². The zero-order valence-corrected chi connectivity index (χ0v) is 14.6. The Morgan fingerprint density at radius 3 is 2.75 bits per heavy atom. The minimum absolute atomic E-state index is 0.382. The maximum absolute atomic E-state index is 3.77. The van der Waals surface area contributed by atoms with Crippen LogP contribution in [0.2, 0.25) is 0 Å². The Balaban J connectivity index is 2.23. The van der Waals surface area contributed by atoms with Crippen molar-refractivity contribution in [2.75, 3.05) is 38.6 Å². The lowest BCUT2D eigenvalue weighted by atomic mass is 10.1. The normalized spacial score (nSPS) is 22.6. The Labute approximate surface area is 131 Å². The molecule has 1 saturated heterocycles. The predicted octanol–water partition coefficient (Wildman–Crippen LogP) is 3.26. The standard InChI is InChI=1S/C16H26BrN3/c1-12-11-19(4)8-5-9-20(12)16-7-6-14(10-15(16)17)13(2)18-3/h6-7,10,12-13,18H,5,8-9,11H2,1-4H3. The summed E-state index contributed by atoms with van der Waals surface area (Å²) in [7, 11) is 4.21. The molecule has 0 amide bonds. The molecule has 1 aliphatic rings. The molecule has 0 radical (unpaired) electrons. The lowest BCUT2D eigenvalue weighted by Crippen LogP contribution is -2.38. The van der Waals surface area contributed by atoms with Gasteiger partial charge in [-0.3, -0.25) is 0 Å². The summed E-state index contributed by atoms with van der Waals surface area (Å²) in [5.74, 6) is 0. The van der Waals surface area contributed by atoms with Gasteiger partial charge in [-0.1, -0.05) is 6.07 Å². The Morgan fingerprint density at radius 1 is 1.35 bits per heavy atom. The molecule has 2 rings (SSSR count). The van der Waals surface area contributed by atoms with E-state index in [1.807, 2.05) is 7.05 Å². The third kappa shape index (κ3) is 3.54. The predicted molar refractivity (Wildman–Crippen MR) is 90.5 cm³/mol. The van der Waals surface area contributed by atoms with Gasteiger partial charge in [-0.15, -0.1) is 0 Å². The number of likely N-dealkylation sites (N-methyl/N-ethyl adjacent to an activating group) is 1. The summed E-state index contributed by atoms with van der Waals surface area (Å²) in [6.07, 6.45) is 1.22. The Hall–Kier alpha value is -0.580. The van der Waals surface area contributed by atoms with Crippen LogP contribution in [-0.4, -0.2) is 44.7 Å². The van der Waals surface area contributed by atoms with Gasteiger partial charge < -0.3 is 15.1 Å². The molecule has 20 heavy (non-hydrogen) atoms. The highest BCUT2D eigenvalue weighted by atomic mass is 79.9. The largest absolute Gasteiger partial charge is 0.367 e. The molecule has 1 aromatic carbocycles. The summed E-state index contributed by atoms with van der Waals surface area (Å²) in [6.45, 7) is 7.95. The third-order valence-corrected chi connectivity index (χ3v) is 4.90. The van der Waals surface area contributed by atoms with Crippen molar-refractivity contribution >= 4 is 21.6 Å². The lowest BCUT2D eigenvalue weighted by molar-refractivity contribution is 0.337. The molecule has 3 nitrogen and oxygen atoms in total. The first-order valence-corrected chi connectivity index (χ1v) is 8.24. The number of halogens is 1. The van der Waals surface area contributed by atoms with Gasteiger partial charge in [-0.25, -0.2) is 0 Å². The minimum atomic E-state index is 0.382. The number of rotatable bonds is 3. The SMILES string of the molecule is CNC(C)c1ccc(N2CCCN(C)CC2C)c(Br)c1. The van der Waals surface area contributed by atoms with Gasteiger partial charge in [0.05, 0.1) is 5.69 Å². The average molecular weight is 340 g/mol. The van der Waals surface area contributed by atoms with E-state index in [1.165, 1.54) is 28.7 Å². The van der Waals surface area contributed by atoms with Gasteiger partial charge in [0.15, 0.2) is 0 Å². The van der Waals surface area contributed by atoms with Crippen molar-refractivity contribution in [3.8, 4) is 0 Å². The van der Waals surface area contributed by atoms with E-state index in [1.54, 1.807) is 0 Å². The van der Waals surface area contributed by atoms with E-state index < -0.39 is 0 Å². The summed E-state index contributed by atoms with van der Waals surface area (Å²) < 4.78 is 1.20. The van der Waals surface area contributed by atoms with Crippen LogP contribution in [0.15, 0.2) is 22.7 Å². The van der Waals surface area contributed by atoms with Crippen molar-refractivity contribution in [2.45, 2.75) is 32.4 Å². The molecule has 1 aliphatic heterocycles. The summed E-state index contributed by atoms with van der Waals surface area (Å²) in [5, 5.41) is 3.29. The van der Waals surface area contributed by atoms with Gasteiger partial charge in [0.1, 0.15) is 0 Å². The zero-order chi connectivity index (χ0) is 14.7. The van der Waals surface area contributed by atoms with Gasteiger partial charge >= 0.3 is 0 Å². The highest BCUT2D eigenvalue weighted by Crippen LogP contribution is 2.31. The molecule has 0 aliphatic carbocycles. The van der Waals surface area contributed by atoms with Crippen molar-refractivity contribution in [1.82, 2.24) is 10.2 Å². The van der Waals surface area contributed by atoms with Crippen LogP contribution in [0.25, 0.3) is 0 Å². The molecular weight excluding hydrogens is 314 g/mol. The maximum Gasteiger partial charge on any atom is 0.0513 e. The van der Waals surface area contributed by atoms with E-state index >= 15 is 0 Å². The number of nitrogens with zero attached hydrogens (tertiary/aromatic N) is 2. The number of hydrogen-bond donors (Lipinski definition) is 1.